The minimum atomic E-state index is -0.375. The maximum absolute atomic E-state index is 12.1. The molecular formula is C17H24N6O3. The lowest BCUT2D eigenvalue weighted by Gasteiger charge is -2.14. The van der Waals surface area contributed by atoms with Gasteiger partial charge in [-0.2, -0.15) is 10.2 Å². The summed E-state index contributed by atoms with van der Waals surface area (Å²) in [4.78, 5) is 23.8. The Kier molecular flexibility index (Phi) is 5.24. The van der Waals surface area contributed by atoms with Crippen molar-refractivity contribution in [2.75, 3.05) is 5.32 Å². The molecule has 140 valence electrons. The summed E-state index contributed by atoms with van der Waals surface area (Å²) < 4.78 is 7.01. The molecule has 0 spiro atoms. The van der Waals surface area contributed by atoms with Gasteiger partial charge in [-0.3, -0.25) is 14.6 Å². The van der Waals surface area contributed by atoms with E-state index in [1.165, 1.54) is 6.20 Å². The number of alkyl carbamates (subject to hydrolysis) is 1. The Hall–Kier alpha value is -2.84. The van der Waals surface area contributed by atoms with Crippen molar-refractivity contribution in [3.8, 4) is 0 Å². The fourth-order valence-electron chi connectivity index (χ4n) is 3.09. The summed E-state index contributed by atoms with van der Waals surface area (Å²) >= 11 is 0. The normalized spacial score (nSPS) is 19.5. The first kappa shape index (κ1) is 18.0. The molecular weight excluding hydrogens is 336 g/mol. The third kappa shape index (κ3) is 4.41. The molecule has 1 fully saturated rings. The number of ether oxygens (including phenoxy) is 1. The van der Waals surface area contributed by atoms with Crippen molar-refractivity contribution in [2.45, 2.75) is 51.2 Å². The lowest BCUT2D eigenvalue weighted by Crippen LogP contribution is -2.33. The highest BCUT2D eigenvalue weighted by Crippen LogP contribution is 2.35. The Balaban J connectivity index is 1.53. The van der Waals surface area contributed by atoms with E-state index in [9.17, 15) is 9.59 Å². The first-order chi connectivity index (χ1) is 12.4. The zero-order valence-corrected chi connectivity index (χ0v) is 15.2. The molecule has 1 saturated carbocycles. The van der Waals surface area contributed by atoms with Crippen molar-refractivity contribution in [3.05, 3.63) is 29.7 Å². The van der Waals surface area contributed by atoms with Gasteiger partial charge in [0.05, 0.1) is 11.8 Å². The van der Waals surface area contributed by atoms with Crippen LogP contribution < -0.4 is 10.6 Å². The summed E-state index contributed by atoms with van der Waals surface area (Å²) in [6.07, 6.45) is 5.12. The van der Waals surface area contributed by atoms with Crippen LogP contribution in [-0.4, -0.2) is 44.1 Å². The molecule has 9 heteroatoms. The molecule has 3 rings (SSSR count). The molecule has 0 radical (unpaired) electrons. The largest absolute Gasteiger partial charge is 0.446 e. The first-order valence-corrected chi connectivity index (χ1v) is 8.73. The van der Waals surface area contributed by atoms with Crippen LogP contribution in [0, 0.1) is 0 Å². The number of carbonyl (C=O) groups excluding carboxylic acids is 2. The maximum atomic E-state index is 12.1. The predicted octanol–water partition coefficient (Wildman–Crippen LogP) is 2.17. The summed E-state index contributed by atoms with van der Waals surface area (Å²) in [5.74, 6) is 0.438. The van der Waals surface area contributed by atoms with Gasteiger partial charge in [-0.1, -0.05) is 0 Å². The van der Waals surface area contributed by atoms with Gasteiger partial charge in [-0.25, -0.2) is 4.79 Å². The van der Waals surface area contributed by atoms with Crippen LogP contribution in [0.15, 0.2) is 18.5 Å². The van der Waals surface area contributed by atoms with Gasteiger partial charge >= 0.3 is 6.09 Å². The van der Waals surface area contributed by atoms with E-state index >= 15 is 0 Å². The number of H-pyrrole nitrogens is 1. The maximum Gasteiger partial charge on any atom is 0.407 e. The highest BCUT2D eigenvalue weighted by atomic mass is 16.6. The molecule has 3 N–H and O–H groups in total. The summed E-state index contributed by atoms with van der Waals surface area (Å²) in [5, 5.41) is 16.6. The van der Waals surface area contributed by atoms with Gasteiger partial charge in [-0.15, -0.1) is 0 Å². The van der Waals surface area contributed by atoms with E-state index in [1.807, 2.05) is 19.9 Å². The number of hydrogen-bond acceptors (Lipinski definition) is 5. The first-order valence-electron chi connectivity index (χ1n) is 8.73. The van der Waals surface area contributed by atoms with Crippen molar-refractivity contribution in [2.24, 2.45) is 7.05 Å². The average Bonchev–Trinajstić information content (AvgIpc) is 3.27. The number of hydrogen-bond donors (Lipinski definition) is 3. The van der Waals surface area contributed by atoms with Gasteiger partial charge in [0.1, 0.15) is 6.10 Å². The average molecular weight is 360 g/mol. The number of aromatic amines is 1. The van der Waals surface area contributed by atoms with Gasteiger partial charge in [-0.05, 0) is 33.1 Å². The number of rotatable bonds is 5. The molecule has 1 aliphatic rings. The monoisotopic (exact) mass is 360 g/mol. The molecule has 26 heavy (non-hydrogen) atoms. The van der Waals surface area contributed by atoms with E-state index in [1.54, 1.807) is 17.9 Å². The lowest BCUT2D eigenvalue weighted by atomic mass is 10.0. The van der Waals surface area contributed by atoms with E-state index in [4.69, 9.17) is 4.74 Å². The topological polar surface area (TPSA) is 114 Å². The molecule has 1 aliphatic carbocycles. The van der Waals surface area contributed by atoms with Gasteiger partial charge < -0.3 is 15.4 Å². The Morgan fingerprint density at radius 2 is 2.19 bits per heavy atom. The quantitative estimate of drug-likeness (QED) is 0.756. The third-order valence-electron chi connectivity index (χ3n) is 4.31. The van der Waals surface area contributed by atoms with Gasteiger partial charge in [0.25, 0.3) is 5.91 Å². The lowest BCUT2D eigenvalue weighted by molar-refractivity contribution is 0.0979. The van der Waals surface area contributed by atoms with E-state index in [2.05, 4.69) is 25.9 Å². The summed E-state index contributed by atoms with van der Waals surface area (Å²) in [7, 11) is 1.75. The number of nitrogens with one attached hydrogen (secondary N) is 3. The summed E-state index contributed by atoms with van der Waals surface area (Å²) in [6, 6.07) is 1.88. The van der Waals surface area contributed by atoms with E-state index in [-0.39, 0.29) is 30.1 Å². The number of aromatic nitrogens is 4. The summed E-state index contributed by atoms with van der Waals surface area (Å²) in [5.41, 5.74) is 1.41. The van der Waals surface area contributed by atoms with Crippen molar-refractivity contribution in [1.82, 2.24) is 25.3 Å². The molecule has 9 nitrogen and oxygen atoms in total. The zero-order valence-electron chi connectivity index (χ0n) is 15.2. The van der Waals surface area contributed by atoms with Crippen LogP contribution in [0.5, 0.6) is 0 Å². The van der Waals surface area contributed by atoms with Crippen molar-refractivity contribution in [3.63, 3.8) is 0 Å². The second-order valence-electron chi connectivity index (χ2n) is 6.90. The van der Waals surface area contributed by atoms with Crippen LogP contribution in [0.25, 0.3) is 0 Å². The van der Waals surface area contributed by atoms with Crippen LogP contribution >= 0.6 is 0 Å². The zero-order chi connectivity index (χ0) is 18.7. The van der Waals surface area contributed by atoms with Gasteiger partial charge in [0.2, 0.25) is 0 Å². The van der Waals surface area contributed by atoms with Crippen molar-refractivity contribution in [1.29, 1.82) is 0 Å². The smallest absolute Gasteiger partial charge is 0.407 e. The minimum absolute atomic E-state index is 0.0540. The highest BCUT2D eigenvalue weighted by molar-refractivity contribution is 6.03. The van der Waals surface area contributed by atoms with Gasteiger partial charge in [0, 0.05) is 37.0 Å². The van der Waals surface area contributed by atoms with Crippen molar-refractivity contribution >= 4 is 17.8 Å². The van der Waals surface area contributed by atoms with Crippen LogP contribution in [0.4, 0.5) is 10.6 Å². The van der Waals surface area contributed by atoms with E-state index in [0.717, 1.165) is 25.0 Å². The molecule has 2 amide bonds. The Bertz CT molecular complexity index is 781. The predicted molar refractivity (Wildman–Crippen MR) is 94.9 cm³/mol. The standard InChI is InChI=1S/C17H24N6O3/c1-10(2)19-17(25)26-13-5-4-11(6-13)14-7-15(22-21-14)20-16(24)12-8-18-23(3)9-12/h7-11,13H,4-6H2,1-3H3,(H,19,25)(H2,20,21,22,24)/t11-,13+/m1/s1. The minimum Gasteiger partial charge on any atom is -0.446 e. The molecule has 0 saturated heterocycles. The number of anilines is 1. The van der Waals surface area contributed by atoms with Crippen molar-refractivity contribution < 1.29 is 14.3 Å². The second-order valence-corrected chi connectivity index (χ2v) is 6.90. The fraction of sp³-hybridized carbons (Fsp3) is 0.529. The number of aryl methyl sites for hydroxylation is 1. The van der Waals surface area contributed by atoms with E-state index < -0.39 is 0 Å². The SMILES string of the molecule is CC(C)NC(=O)O[C@H]1CC[C@@H](c2cc(NC(=O)c3cnn(C)c3)n[nH]2)C1. The Morgan fingerprint density at radius 3 is 2.88 bits per heavy atom. The van der Waals surface area contributed by atoms with Crippen LogP contribution in [-0.2, 0) is 11.8 Å². The number of nitrogens with zero attached hydrogens (tertiary/aromatic N) is 3. The van der Waals surface area contributed by atoms with Crippen LogP contribution in [0.2, 0.25) is 0 Å². The molecule has 2 heterocycles. The fourth-order valence-corrected chi connectivity index (χ4v) is 3.09. The molecule has 2 atom stereocenters. The molecule has 2 aromatic rings. The highest BCUT2D eigenvalue weighted by Gasteiger charge is 2.30. The van der Waals surface area contributed by atoms with Gasteiger partial charge in [0.15, 0.2) is 5.82 Å². The molecule has 0 bridgehead atoms. The molecule has 2 aromatic heterocycles. The molecule has 0 aliphatic heterocycles. The van der Waals surface area contributed by atoms with Crippen LogP contribution in [0.1, 0.15) is 55.1 Å². The summed E-state index contributed by atoms with van der Waals surface area (Å²) in [6.45, 7) is 3.79. The second kappa shape index (κ2) is 7.59. The van der Waals surface area contributed by atoms with Crippen LogP contribution in [0.3, 0.4) is 0 Å². The Labute approximate surface area is 151 Å². The molecule has 0 aromatic carbocycles. The third-order valence-corrected chi connectivity index (χ3v) is 4.31. The van der Waals surface area contributed by atoms with E-state index in [0.29, 0.717) is 11.4 Å². The number of amides is 2. The molecule has 0 unspecified atom stereocenters. The Morgan fingerprint density at radius 1 is 1.38 bits per heavy atom. The number of carbonyl (C=O) groups is 2.